The van der Waals surface area contributed by atoms with E-state index in [0.29, 0.717) is 12.1 Å². The molecular formula is C12H6BrF4NO2S. The molecule has 0 saturated heterocycles. The molecule has 0 unspecified atom stereocenters. The number of hydrogen-bond acceptors (Lipinski definition) is 2. The zero-order chi connectivity index (χ0) is 15.8. The Labute approximate surface area is 125 Å². The number of benzene rings is 2. The van der Waals surface area contributed by atoms with Crippen molar-refractivity contribution in [2.24, 2.45) is 0 Å². The van der Waals surface area contributed by atoms with E-state index < -0.39 is 43.9 Å². The summed E-state index contributed by atoms with van der Waals surface area (Å²) in [6.45, 7) is 0. The number of anilines is 1. The molecule has 0 bridgehead atoms. The van der Waals surface area contributed by atoms with Gasteiger partial charge in [0.05, 0.1) is 4.90 Å². The molecule has 0 aliphatic heterocycles. The average Bonchev–Trinajstić information content (AvgIpc) is 2.37. The van der Waals surface area contributed by atoms with Crippen LogP contribution in [0.2, 0.25) is 0 Å². The van der Waals surface area contributed by atoms with Gasteiger partial charge in [-0.15, -0.1) is 0 Å². The molecule has 0 fully saturated rings. The molecule has 0 aromatic heterocycles. The zero-order valence-electron chi connectivity index (χ0n) is 10.0. The molecule has 0 aliphatic rings. The molecule has 1 N–H and O–H groups in total. The Morgan fingerprint density at radius 2 is 1.43 bits per heavy atom. The Morgan fingerprint density at radius 1 is 0.857 bits per heavy atom. The Hall–Kier alpha value is -1.61. The molecule has 3 nitrogen and oxygen atoms in total. The van der Waals surface area contributed by atoms with E-state index >= 15 is 0 Å². The van der Waals surface area contributed by atoms with Crippen LogP contribution in [0.1, 0.15) is 0 Å². The van der Waals surface area contributed by atoms with Crippen LogP contribution in [0.3, 0.4) is 0 Å². The Kier molecular flexibility index (Phi) is 4.24. The summed E-state index contributed by atoms with van der Waals surface area (Å²) in [5, 5.41) is 0. The highest BCUT2D eigenvalue weighted by atomic mass is 79.9. The van der Waals surface area contributed by atoms with Crippen molar-refractivity contribution >= 4 is 31.6 Å². The molecule has 0 heterocycles. The van der Waals surface area contributed by atoms with Crippen LogP contribution in [0.5, 0.6) is 0 Å². The lowest BCUT2D eigenvalue weighted by Crippen LogP contribution is -2.15. The summed E-state index contributed by atoms with van der Waals surface area (Å²) in [6.07, 6.45) is 0. The first-order chi connectivity index (χ1) is 9.70. The SMILES string of the molecule is O=S(=O)(Nc1c(F)cc(Br)cc1F)c1ccc(F)c(F)c1. The molecule has 0 spiro atoms. The fourth-order valence-corrected chi connectivity index (χ4v) is 2.97. The van der Waals surface area contributed by atoms with Gasteiger partial charge < -0.3 is 0 Å². The molecule has 0 aliphatic carbocycles. The molecule has 0 radical (unpaired) electrons. The van der Waals surface area contributed by atoms with E-state index in [0.717, 1.165) is 18.2 Å². The molecular weight excluding hydrogens is 378 g/mol. The molecule has 21 heavy (non-hydrogen) atoms. The van der Waals surface area contributed by atoms with Crippen molar-refractivity contribution in [2.75, 3.05) is 4.72 Å². The van der Waals surface area contributed by atoms with Gasteiger partial charge in [0.2, 0.25) is 0 Å². The molecule has 2 aromatic carbocycles. The van der Waals surface area contributed by atoms with Gasteiger partial charge in [-0.05, 0) is 30.3 Å². The van der Waals surface area contributed by atoms with Gasteiger partial charge in [0.25, 0.3) is 10.0 Å². The van der Waals surface area contributed by atoms with Crippen LogP contribution < -0.4 is 4.72 Å². The second-order valence-corrected chi connectivity index (χ2v) is 6.52. The highest BCUT2D eigenvalue weighted by Gasteiger charge is 2.21. The summed E-state index contributed by atoms with van der Waals surface area (Å²) in [4.78, 5) is -0.664. The van der Waals surface area contributed by atoms with Crippen LogP contribution in [-0.2, 0) is 10.0 Å². The maximum Gasteiger partial charge on any atom is 0.262 e. The lowest BCUT2D eigenvalue weighted by Gasteiger charge is -2.10. The number of rotatable bonds is 3. The van der Waals surface area contributed by atoms with E-state index in [4.69, 9.17) is 0 Å². The fourth-order valence-electron chi connectivity index (χ4n) is 1.48. The third-order valence-corrected chi connectivity index (χ3v) is 4.25. The van der Waals surface area contributed by atoms with E-state index in [1.54, 1.807) is 4.72 Å². The Bertz CT molecular complexity index is 788. The summed E-state index contributed by atoms with van der Waals surface area (Å²) >= 11 is 2.84. The highest BCUT2D eigenvalue weighted by Crippen LogP contribution is 2.26. The summed E-state index contributed by atoms with van der Waals surface area (Å²) in [6, 6.07) is 3.48. The number of halogens is 5. The molecule has 2 rings (SSSR count). The van der Waals surface area contributed by atoms with E-state index in [-0.39, 0.29) is 4.47 Å². The van der Waals surface area contributed by atoms with Crippen LogP contribution >= 0.6 is 15.9 Å². The lowest BCUT2D eigenvalue weighted by molar-refractivity contribution is 0.504. The molecule has 0 amide bonds. The van der Waals surface area contributed by atoms with Gasteiger partial charge >= 0.3 is 0 Å². The second kappa shape index (κ2) is 5.64. The Morgan fingerprint density at radius 3 is 1.95 bits per heavy atom. The summed E-state index contributed by atoms with van der Waals surface area (Å²) in [7, 11) is -4.46. The van der Waals surface area contributed by atoms with Crippen LogP contribution in [0.15, 0.2) is 39.7 Å². The summed E-state index contributed by atoms with van der Waals surface area (Å²) in [5.74, 6) is -4.95. The fraction of sp³-hybridized carbons (Fsp3) is 0. The van der Waals surface area contributed by atoms with E-state index in [9.17, 15) is 26.0 Å². The minimum Gasteiger partial charge on any atom is -0.274 e. The van der Waals surface area contributed by atoms with E-state index in [2.05, 4.69) is 15.9 Å². The second-order valence-electron chi connectivity index (χ2n) is 3.93. The monoisotopic (exact) mass is 383 g/mol. The first-order valence-corrected chi connectivity index (χ1v) is 7.61. The van der Waals surface area contributed by atoms with Crippen molar-refractivity contribution in [1.82, 2.24) is 0 Å². The maximum absolute atomic E-state index is 13.6. The van der Waals surface area contributed by atoms with Gasteiger partial charge in [-0.3, -0.25) is 4.72 Å². The summed E-state index contributed by atoms with van der Waals surface area (Å²) in [5.41, 5.74) is -0.914. The third kappa shape index (κ3) is 3.35. The van der Waals surface area contributed by atoms with Crippen molar-refractivity contribution < 1.29 is 26.0 Å². The van der Waals surface area contributed by atoms with E-state index in [1.165, 1.54) is 0 Å². The number of nitrogens with one attached hydrogen (secondary N) is 1. The standard InChI is InChI=1S/C12H6BrF4NO2S/c13-6-3-10(16)12(11(17)4-6)18-21(19,20)7-1-2-8(14)9(15)5-7/h1-5,18H. The predicted molar refractivity (Wildman–Crippen MR) is 71.2 cm³/mol. The molecule has 0 saturated carbocycles. The summed E-state index contributed by atoms with van der Waals surface area (Å²) < 4.78 is 78.5. The first-order valence-electron chi connectivity index (χ1n) is 5.33. The molecule has 9 heteroatoms. The van der Waals surface area contributed by atoms with Gasteiger partial charge in [-0.1, -0.05) is 15.9 Å². The van der Waals surface area contributed by atoms with E-state index in [1.807, 2.05) is 0 Å². The Balaban J connectivity index is 2.44. The first kappa shape index (κ1) is 15.8. The van der Waals surface area contributed by atoms with Crippen molar-refractivity contribution in [2.45, 2.75) is 4.90 Å². The highest BCUT2D eigenvalue weighted by molar-refractivity contribution is 9.10. The van der Waals surface area contributed by atoms with Crippen LogP contribution in [0.25, 0.3) is 0 Å². The topological polar surface area (TPSA) is 46.2 Å². The quantitative estimate of drug-likeness (QED) is 0.819. The number of hydrogen-bond donors (Lipinski definition) is 1. The van der Waals surface area contributed by atoms with Gasteiger partial charge in [-0.2, -0.15) is 0 Å². The largest absolute Gasteiger partial charge is 0.274 e. The normalized spacial score (nSPS) is 11.5. The zero-order valence-corrected chi connectivity index (χ0v) is 12.4. The molecule has 0 atom stereocenters. The van der Waals surface area contributed by atoms with Crippen molar-refractivity contribution in [1.29, 1.82) is 0 Å². The van der Waals surface area contributed by atoms with Crippen LogP contribution in [0.4, 0.5) is 23.2 Å². The minimum atomic E-state index is -4.46. The maximum atomic E-state index is 13.6. The lowest BCUT2D eigenvalue weighted by atomic mass is 10.3. The predicted octanol–water partition coefficient (Wildman–Crippen LogP) is 3.81. The van der Waals surface area contributed by atoms with Gasteiger partial charge in [0.1, 0.15) is 5.69 Å². The average molecular weight is 384 g/mol. The molecule has 112 valence electrons. The van der Waals surface area contributed by atoms with Crippen LogP contribution in [-0.4, -0.2) is 8.42 Å². The molecule has 2 aromatic rings. The third-order valence-electron chi connectivity index (χ3n) is 2.44. The van der Waals surface area contributed by atoms with Crippen molar-refractivity contribution in [3.05, 3.63) is 58.1 Å². The van der Waals surface area contributed by atoms with Crippen LogP contribution in [0, 0.1) is 23.3 Å². The van der Waals surface area contributed by atoms with Crippen molar-refractivity contribution in [3.8, 4) is 0 Å². The van der Waals surface area contributed by atoms with Gasteiger partial charge in [-0.25, -0.2) is 26.0 Å². The minimum absolute atomic E-state index is 0.0771. The number of sulfonamides is 1. The van der Waals surface area contributed by atoms with Gasteiger partial charge in [0.15, 0.2) is 23.3 Å². The van der Waals surface area contributed by atoms with Gasteiger partial charge in [0, 0.05) is 4.47 Å². The smallest absolute Gasteiger partial charge is 0.262 e. The van der Waals surface area contributed by atoms with Crippen molar-refractivity contribution in [3.63, 3.8) is 0 Å².